The van der Waals surface area contributed by atoms with Gasteiger partial charge in [0.1, 0.15) is 22.7 Å². The lowest BCUT2D eigenvalue weighted by Gasteiger charge is -2.41. The molecule has 3 atom stereocenters. The van der Waals surface area contributed by atoms with Crippen LogP contribution in [0.5, 0.6) is 5.75 Å². The van der Waals surface area contributed by atoms with Gasteiger partial charge in [-0.3, -0.25) is 4.99 Å². The lowest BCUT2D eigenvalue weighted by molar-refractivity contribution is 0.289. The number of rotatable bonds is 12. The Morgan fingerprint density at radius 3 is 1.93 bits per heavy atom. The number of aliphatic imine (C=N–C) groups is 1. The van der Waals surface area contributed by atoms with E-state index in [0.29, 0.717) is 5.92 Å². The van der Waals surface area contributed by atoms with Crippen LogP contribution >= 0.6 is 0 Å². The van der Waals surface area contributed by atoms with Crippen molar-refractivity contribution in [2.24, 2.45) is 28.0 Å². The first-order chi connectivity index (χ1) is 46.1. The van der Waals surface area contributed by atoms with Gasteiger partial charge in [-0.1, -0.05) is 295 Å². The Bertz CT molecular complexity index is 3900. The molecule has 3 unspecified atom stereocenters. The SMILES string of the molecule is C/C=C\C=C/C.C=C(/C=C\C)C(CC)(C1=CC=CCC1)C(C)C.CC.CC.CC.CC.CC1C=CCCC1.NC/N=C(\c1ccc(-c2ccc3c(c2)CC2=C(O3)C3=C(CC2)C(C2=CC=CCC2)(c2ccccc2)c2ccccc23)cc1)c1ccc2c(c1)oc1ccccc12. The van der Waals surface area contributed by atoms with Crippen molar-refractivity contribution in [3.05, 3.63) is 298 Å². The van der Waals surface area contributed by atoms with Crippen LogP contribution in [0.3, 0.4) is 0 Å². The maximum atomic E-state index is 7.04. The Kier molecular flexibility index (Phi) is 30.3. The van der Waals surface area contributed by atoms with Crippen molar-refractivity contribution in [3.8, 4) is 16.9 Å². The van der Waals surface area contributed by atoms with Crippen LogP contribution < -0.4 is 10.5 Å². The number of allylic oxidation sites excluding steroid dienone is 20. The van der Waals surface area contributed by atoms with Crippen LogP contribution in [-0.4, -0.2) is 12.4 Å². The molecule has 494 valence electrons. The van der Waals surface area contributed by atoms with E-state index in [9.17, 15) is 0 Å². The molecular formula is C90H112N2O2. The van der Waals surface area contributed by atoms with Gasteiger partial charge in [0.15, 0.2) is 0 Å². The summed E-state index contributed by atoms with van der Waals surface area (Å²) in [6.45, 7) is 35.8. The molecule has 0 fully saturated rings. The summed E-state index contributed by atoms with van der Waals surface area (Å²) in [4.78, 5) is 4.73. The van der Waals surface area contributed by atoms with E-state index in [2.05, 4.69) is 223 Å². The standard InChI is InChI=1S/C52H40N2O2.C17H26.C7H12.C6H10.4C2H6/c53-32-54-50(36-23-26-42-41-15-8-10-18-47(41)55-48(42)31-36)34-21-19-33(20-22-34)35-25-28-46-38(29-35)30-37-24-27-45-49(51(37)56-46)43-16-7-9-17-44(43)52(45,39-11-3-1-4-12-39)40-13-5-2-6-14-40;1-6-11-15(5)17(7-2,14(3)4)16-12-9-8-10-13-16;1-7-5-3-2-4-6-7;1-3-5-6-4-2;4*1-2/h1-5,7-13,15-23,25-26,28-29,31H,6,14,24,27,30,32,53H2;6,8-9,11-12,14H,5,7,10,13H2,1-4H3;3,5,7H,2,4,6H2,1H3;3-6H,1-2H3;4*1-2H3/b54-50+;11-6-;;5-3-,6-4-;;;;. The second-order valence-corrected chi connectivity index (χ2v) is 23.8. The maximum Gasteiger partial charge on any atom is 0.136 e. The zero-order chi connectivity index (χ0) is 68.0. The van der Waals surface area contributed by atoms with Crippen LogP contribution in [0.15, 0.2) is 274 Å². The van der Waals surface area contributed by atoms with Gasteiger partial charge < -0.3 is 14.9 Å². The van der Waals surface area contributed by atoms with E-state index in [-0.39, 0.29) is 17.5 Å². The van der Waals surface area contributed by atoms with Crippen LogP contribution in [0.4, 0.5) is 0 Å². The van der Waals surface area contributed by atoms with Crippen LogP contribution in [-0.2, 0) is 11.8 Å². The first kappa shape index (κ1) is 74.7. The minimum absolute atomic E-state index is 0.150. The fraction of sp³-hybridized carbons (Fsp3) is 0.344. The average molecular weight is 1250 g/mol. The van der Waals surface area contributed by atoms with Gasteiger partial charge in [0.2, 0.25) is 0 Å². The van der Waals surface area contributed by atoms with Gasteiger partial charge in [0.05, 0.1) is 17.8 Å². The van der Waals surface area contributed by atoms with E-state index >= 15 is 0 Å². The van der Waals surface area contributed by atoms with Crippen molar-refractivity contribution < 1.29 is 9.15 Å². The highest BCUT2D eigenvalue weighted by Crippen LogP contribution is 2.61. The molecule has 0 amide bonds. The van der Waals surface area contributed by atoms with Crippen molar-refractivity contribution >= 4 is 33.2 Å². The number of fused-ring (bicyclic) bond motifs is 7. The number of ether oxygens (including phenoxy) is 1. The normalized spacial score (nSPS) is 18.0. The van der Waals surface area contributed by atoms with Crippen LogP contribution in [0.2, 0.25) is 0 Å². The molecule has 0 saturated carbocycles. The predicted octanol–water partition coefficient (Wildman–Crippen LogP) is 26.1. The van der Waals surface area contributed by atoms with Crippen molar-refractivity contribution in [1.29, 1.82) is 0 Å². The lowest BCUT2D eigenvalue weighted by Crippen LogP contribution is -2.32. The molecule has 1 aliphatic heterocycles. The van der Waals surface area contributed by atoms with Gasteiger partial charge in [0, 0.05) is 39.3 Å². The number of para-hydroxylation sites is 1. The van der Waals surface area contributed by atoms with E-state index in [1.807, 2.05) is 112 Å². The van der Waals surface area contributed by atoms with Gasteiger partial charge >= 0.3 is 0 Å². The summed E-state index contributed by atoms with van der Waals surface area (Å²) in [5.74, 6) is 3.47. The van der Waals surface area contributed by atoms with E-state index in [1.165, 1.54) is 87.8 Å². The highest BCUT2D eigenvalue weighted by atomic mass is 16.5. The highest BCUT2D eigenvalue weighted by Gasteiger charge is 2.51. The predicted molar refractivity (Wildman–Crippen MR) is 413 cm³/mol. The molecule has 94 heavy (non-hydrogen) atoms. The molecule has 1 aromatic heterocycles. The number of hydrogen-bond donors (Lipinski definition) is 1. The number of furan rings is 1. The second kappa shape index (κ2) is 38.2. The Morgan fingerprint density at radius 1 is 0.670 bits per heavy atom. The summed E-state index contributed by atoms with van der Waals surface area (Å²) < 4.78 is 13.2. The Balaban J connectivity index is 0.000000302. The zero-order valence-electron chi connectivity index (χ0n) is 60.1. The van der Waals surface area contributed by atoms with Crippen LogP contribution in [0.25, 0.3) is 38.6 Å². The summed E-state index contributed by atoms with van der Waals surface area (Å²) >= 11 is 0. The molecule has 0 radical (unpaired) electrons. The monoisotopic (exact) mass is 1250 g/mol. The minimum Gasteiger partial charge on any atom is -0.456 e. The first-order valence-electron chi connectivity index (χ1n) is 35.7. The van der Waals surface area contributed by atoms with Gasteiger partial charge in [0.25, 0.3) is 0 Å². The average Bonchev–Trinajstić information content (AvgIpc) is 1.52. The van der Waals surface area contributed by atoms with Crippen LogP contribution in [0, 0.1) is 17.3 Å². The molecule has 2 N–H and O–H groups in total. The molecule has 5 aliphatic carbocycles. The van der Waals surface area contributed by atoms with Crippen molar-refractivity contribution in [1.82, 2.24) is 0 Å². The summed E-state index contributed by atoms with van der Waals surface area (Å²) in [6, 6.07) is 50.0. The fourth-order valence-corrected chi connectivity index (χ4v) is 14.3. The molecule has 6 aromatic carbocycles. The molecule has 2 heterocycles. The van der Waals surface area contributed by atoms with Gasteiger partial charge in [-0.25, -0.2) is 0 Å². The summed E-state index contributed by atoms with van der Waals surface area (Å²) in [5.41, 5.74) is 26.5. The molecule has 13 rings (SSSR count). The number of benzene rings is 6. The number of nitrogens with zero attached hydrogens (tertiary/aromatic N) is 1. The Labute approximate surface area is 568 Å². The number of hydrogen-bond acceptors (Lipinski definition) is 4. The summed E-state index contributed by atoms with van der Waals surface area (Å²) in [7, 11) is 0. The topological polar surface area (TPSA) is 60.8 Å². The Hall–Kier alpha value is -8.31. The highest BCUT2D eigenvalue weighted by molar-refractivity contribution is 6.15. The molecule has 0 bridgehead atoms. The van der Waals surface area contributed by atoms with Crippen molar-refractivity contribution in [3.63, 3.8) is 0 Å². The van der Waals surface area contributed by atoms with Gasteiger partial charge in [-0.2, -0.15) is 0 Å². The van der Waals surface area contributed by atoms with E-state index in [4.69, 9.17) is 19.9 Å². The smallest absolute Gasteiger partial charge is 0.136 e. The first-order valence-corrected chi connectivity index (χ1v) is 35.7. The largest absolute Gasteiger partial charge is 0.456 e. The van der Waals surface area contributed by atoms with Crippen molar-refractivity contribution in [2.45, 2.75) is 180 Å². The van der Waals surface area contributed by atoms with E-state index < -0.39 is 0 Å². The molecule has 4 nitrogen and oxygen atoms in total. The number of nitrogens with two attached hydrogens (primary N) is 1. The van der Waals surface area contributed by atoms with Crippen LogP contribution in [0.1, 0.15) is 201 Å². The second-order valence-electron chi connectivity index (χ2n) is 23.8. The minimum atomic E-state index is -0.287. The molecule has 7 aromatic rings. The van der Waals surface area contributed by atoms with Gasteiger partial charge in [-0.05, 0) is 177 Å². The molecule has 0 saturated heterocycles. The quantitative estimate of drug-likeness (QED) is 0.0753. The third-order valence-corrected chi connectivity index (χ3v) is 18.4. The molecule has 0 spiro atoms. The third kappa shape index (κ3) is 16.8. The zero-order valence-corrected chi connectivity index (χ0v) is 60.1. The van der Waals surface area contributed by atoms with E-state index in [0.717, 1.165) is 100 Å². The summed E-state index contributed by atoms with van der Waals surface area (Å²) in [6.07, 6.45) is 43.2. The van der Waals surface area contributed by atoms with E-state index in [1.54, 1.807) is 5.57 Å². The maximum absolute atomic E-state index is 7.04. The van der Waals surface area contributed by atoms with Gasteiger partial charge in [-0.15, -0.1) is 0 Å². The molecule has 6 aliphatic rings. The lowest BCUT2D eigenvalue weighted by atomic mass is 9.63. The van der Waals surface area contributed by atoms with Crippen molar-refractivity contribution in [2.75, 3.05) is 6.67 Å². The molecule has 4 heteroatoms. The summed E-state index contributed by atoms with van der Waals surface area (Å²) in [5, 5.41) is 2.21. The fourth-order valence-electron chi connectivity index (χ4n) is 14.3. The Morgan fingerprint density at radius 2 is 1.32 bits per heavy atom. The third-order valence-electron chi connectivity index (χ3n) is 18.4. The molecular weight excluding hydrogens is 1140 g/mol.